The minimum Gasteiger partial charge on any atom is -0.496 e. The molecule has 4 aromatic rings. The van der Waals surface area contributed by atoms with Gasteiger partial charge in [0.05, 0.1) is 90.2 Å². The molecule has 0 bridgehead atoms. The number of nitrogens with one attached hydrogen (secondary N) is 2. The van der Waals surface area contributed by atoms with Gasteiger partial charge in [0.2, 0.25) is 0 Å². The van der Waals surface area contributed by atoms with Crippen LogP contribution >= 0.6 is 0 Å². The molecular formula is C41H48N2O18S2. The van der Waals surface area contributed by atoms with Gasteiger partial charge in [-0.25, -0.2) is 26.4 Å². The average Bonchev–Trinajstić information content (AvgIpc) is 3.26. The molecule has 22 heteroatoms. The number of hydrogen-bond donors (Lipinski definition) is 4. The molecule has 0 aliphatic carbocycles. The zero-order valence-electron chi connectivity index (χ0n) is 35.6. The average molecular weight is 921 g/mol. The standard InChI is InChI=1S/C21H25NO9S.C20H23NO9S/c1-13(21(23)24)31-20-10-14(6-7-17(20)28-3)22-32(25,26)9-8-16-18(29-4)11-15(27-2)12-19(16)30-5;1-26-14-10-17(28-3)15(18(11-14)29-4)7-8-31(24,25)21-13-5-6-16(27-2)19(9-13)30-12-20(22)23/h6-13,22H,1-5H3,(H,23,24);5-11,21H,12H2,1-4H3,(H,22,23)/b9-8+;8-7+. The molecule has 63 heavy (non-hydrogen) atoms. The van der Waals surface area contributed by atoms with E-state index in [9.17, 15) is 26.4 Å². The van der Waals surface area contributed by atoms with E-state index in [4.69, 9.17) is 57.6 Å². The highest BCUT2D eigenvalue weighted by molar-refractivity contribution is 7.96. The third-order valence-corrected chi connectivity index (χ3v) is 10.2. The first-order valence-corrected chi connectivity index (χ1v) is 21.1. The number of anilines is 2. The number of carboxylic acid groups (broad SMARTS) is 2. The summed E-state index contributed by atoms with van der Waals surface area (Å²) in [5.74, 6) is 0.701. The first kappa shape index (κ1) is 50.2. The maximum absolute atomic E-state index is 12.6. The molecule has 4 aromatic carbocycles. The van der Waals surface area contributed by atoms with Gasteiger partial charge in [0.1, 0.15) is 34.5 Å². The van der Waals surface area contributed by atoms with E-state index in [0.29, 0.717) is 45.6 Å². The first-order chi connectivity index (χ1) is 29.9. The zero-order chi connectivity index (χ0) is 46.9. The van der Waals surface area contributed by atoms with Crippen molar-refractivity contribution in [3.63, 3.8) is 0 Å². The highest BCUT2D eigenvalue weighted by Crippen LogP contribution is 2.37. The first-order valence-electron chi connectivity index (χ1n) is 18.0. The number of aliphatic carboxylic acids is 2. The Labute approximate surface area is 364 Å². The van der Waals surface area contributed by atoms with Crippen molar-refractivity contribution >= 4 is 55.5 Å². The largest absolute Gasteiger partial charge is 0.496 e. The van der Waals surface area contributed by atoms with E-state index in [0.717, 1.165) is 10.8 Å². The second kappa shape index (κ2) is 23.1. The van der Waals surface area contributed by atoms with Crippen molar-refractivity contribution in [1.29, 1.82) is 0 Å². The van der Waals surface area contributed by atoms with Gasteiger partial charge >= 0.3 is 11.9 Å². The quantitative estimate of drug-likeness (QED) is 0.0750. The summed E-state index contributed by atoms with van der Waals surface area (Å²) in [6.07, 6.45) is 1.49. The van der Waals surface area contributed by atoms with Crippen molar-refractivity contribution in [1.82, 2.24) is 0 Å². The third kappa shape index (κ3) is 14.7. The Balaban J connectivity index is 0.000000335. The van der Waals surface area contributed by atoms with Crippen LogP contribution in [0.5, 0.6) is 57.5 Å². The van der Waals surface area contributed by atoms with E-state index >= 15 is 0 Å². The fraction of sp³-hybridized carbons (Fsp3) is 0.268. The van der Waals surface area contributed by atoms with Crippen molar-refractivity contribution < 1.29 is 84.0 Å². The molecule has 0 fully saturated rings. The van der Waals surface area contributed by atoms with E-state index in [1.807, 2.05) is 0 Å². The summed E-state index contributed by atoms with van der Waals surface area (Å²) in [6, 6.07) is 14.9. The Hall–Kier alpha value is -7.20. The molecule has 1 atom stereocenters. The van der Waals surface area contributed by atoms with Crippen LogP contribution in [0.3, 0.4) is 0 Å². The van der Waals surface area contributed by atoms with Crippen LogP contribution in [-0.2, 0) is 29.6 Å². The lowest BCUT2D eigenvalue weighted by Crippen LogP contribution is -2.23. The molecule has 4 N–H and O–H groups in total. The lowest BCUT2D eigenvalue weighted by Gasteiger charge is -2.15. The van der Waals surface area contributed by atoms with Crippen LogP contribution in [0.4, 0.5) is 11.4 Å². The summed E-state index contributed by atoms with van der Waals surface area (Å²) in [7, 11) is 3.58. The molecular weight excluding hydrogens is 873 g/mol. The van der Waals surface area contributed by atoms with Gasteiger partial charge in [-0.15, -0.1) is 0 Å². The van der Waals surface area contributed by atoms with Crippen molar-refractivity contribution in [2.24, 2.45) is 0 Å². The van der Waals surface area contributed by atoms with Gasteiger partial charge in [0, 0.05) is 36.4 Å². The lowest BCUT2D eigenvalue weighted by atomic mass is 10.1. The molecule has 0 aliphatic rings. The number of carbonyl (C=O) groups is 2. The Bertz CT molecular complexity index is 2460. The van der Waals surface area contributed by atoms with Gasteiger partial charge in [-0.3, -0.25) is 9.44 Å². The molecule has 0 amide bonds. The van der Waals surface area contributed by atoms with Crippen molar-refractivity contribution in [2.45, 2.75) is 13.0 Å². The van der Waals surface area contributed by atoms with Gasteiger partial charge in [0.25, 0.3) is 20.0 Å². The minimum absolute atomic E-state index is 0.0741. The van der Waals surface area contributed by atoms with E-state index in [1.165, 1.54) is 112 Å². The summed E-state index contributed by atoms with van der Waals surface area (Å²) >= 11 is 0. The maximum Gasteiger partial charge on any atom is 0.344 e. The SMILES string of the molecule is COc1cc(OC)c(/C=C/S(=O)(=O)Nc2ccc(OC)c(OC(C)C(=O)O)c2)c(OC)c1.COc1cc(OC)c(/C=C/S(=O)(=O)Nc2ccc(OC)c(OCC(=O)O)c2)c(OC)c1. The number of sulfonamides is 2. The van der Waals surface area contributed by atoms with Crippen molar-refractivity contribution in [3.8, 4) is 57.5 Å². The summed E-state index contributed by atoms with van der Waals surface area (Å²) in [4.78, 5) is 21.8. The van der Waals surface area contributed by atoms with Gasteiger partial charge in [-0.05, 0) is 43.3 Å². The Morgan fingerprint density at radius 3 is 1.24 bits per heavy atom. The Kier molecular flexibility index (Phi) is 18.4. The van der Waals surface area contributed by atoms with Gasteiger partial charge in [-0.2, -0.15) is 0 Å². The van der Waals surface area contributed by atoms with Gasteiger partial charge in [0.15, 0.2) is 35.7 Å². The second-order valence-corrected chi connectivity index (χ2v) is 15.4. The lowest BCUT2D eigenvalue weighted by molar-refractivity contribution is -0.144. The van der Waals surface area contributed by atoms with E-state index in [1.54, 1.807) is 24.3 Å². The van der Waals surface area contributed by atoms with Crippen LogP contribution in [0.1, 0.15) is 18.1 Å². The van der Waals surface area contributed by atoms with Crippen LogP contribution in [0.15, 0.2) is 71.5 Å². The van der Waals surface area contributed by atoms with Crippen LogP contribution in [0, 0.1) is 0 Å². The predicted octanol–water partition coefficient (Wildman–Crippen LogP) is 5.58. The highest BCUT2D eigenvalue weighted by atomic mass is 32.2. The smallest absolute Gasteiger partial charge is 0.344 e. The van der Waals surface area contributed by atoms with Gasteiger partial charge in [-0.1, -0.05) is 0 Å². The number of methoxy groups -OCH3 is 8. The van der Waals surface area contributed by atoms with Gasteiger partial charge < -0.3 is 57.6 Å². The molecule has 0 saturated heterocycles. The molecule has 342 valence electrons. The molecule has 4 rings (SSSR count). The van der Waals surface area contributed by atoms with Crippen LogP contribution < -0.4 is 56.8 Å². The third-order valence-electron chi connectivity index (χ3n) is 8.18. The molecule has 20 nitrogen and oxygen atoms in total. The number of ether oxygens (including phenoxy) is 10. The zero-order valence-corrected chi connectivity index (χ0v) is 37.2. The van der Waals surface area contributed by atoms with Crippen LogP contribution in [-0.4, -0.2) is 109 Å². The topological polar surface area (TPSA) is 259 Å². The summed E-state index contributed by atoms with van der Waals surface area (Å²) < 4.78 is 107. The Morgan fingerprint density at radius 1 is 0.540 bits per heavy atom. The fourth-order valence-corrected chi connectivity index (χ4v) is 6.85. The number of rotatable bonds is 22. The maximum atomic E-state index is 12.6. The summed E-state index contributed by atoms with van der Waals surface area (Å²) in [6.45, 7) is 0.737. The van der Waals surface area contributed by atoms with Crippen LogP contribution in [0.2, 0.25) is 0 Å². The van der Waals surface area contributed by atoms with E-state index < -0.39 is 44.7 Å². The fourth-order valence-electron chi connectivity index (χ4n) is 5.17. The molecule has 0 aromatic heterocycles. The number of benzene rings is 4. The molecule has 0 radical (unpaired) electrons. The van der Waals surface area contributed by atoms with E-state index in [2.05, 4.69) is 9.44 Å². The molecule has 0 spiro atoms. The van der Waals surface area contributed by atoms with Crippen LogP contribution in [0.25, 0.3) is 12.2 Å². The number of carboxylic acids is 2. The molecule has 1 unspecified atom stereocenters. The predicted molar refractivity (Wildman–Crippen MR) is 232 cm³/mol. The summed E-state index contributed by atoms with van der Waals surface area (Å²) in [5, 5.41) is 19.7. The normalized spacial score (nSPS) is 11.6. The molecule has 0 saturated carbocycles. The van der Waals surface area contributed by atoms with Crippen molar-refractivity contribution in [2.75, 3.05) is 72.9 Å². The summed E-state index contributed by atoms with van der Waals surface area (Å²) in [5.41, 5.74) is 1.10. The Morgan fingerprint density at radius 2 is 0.905 bits per heavy atom. The number of hydrogen-bond acceptors (Lipinski definition) is 16. The molecule has 0 heterocycles. The van der Waals surface area contributed by atoms with E-state index in [-0.39, 0.29) is 34.4 Å². The highest BCUT2D eigenvalue weighted by Gasteiger charge is 2.19. The second-order valence-electron chi connectivity index (χ2n) is 12.3. The monoisotopic (exact) mass is 920 g/mol. The molecule has 0 aliphatic heterocycles. The van der Waals surface area contributed by atoms with Crippen molar-refractivity contribution in [3.05, 3.63) is 82.6 Å². The minimum atomic E-state index is -3.97.